The van der Waals surface area contributed by atoms with Gasteiger partial charge in [-0.25, -0.2) is 0 Å². The molecule has 6 rings (SSSR count). The first-order valence-electron chi connectivity index (χ1n) is 9.52. The molecule has 27 heavy (non-hydrogen) atoms. The third kappa shape index (κ3) is 2.04. The van der Waals surface area contributed by atoms with Crippen molar-refractivity contribution in [1.29, 1.82) is 0 Å². The van der Waals surface area contributed by atoms with Gasteiger partial charge in [0.15, 0.2) is 0 Å². The van der Waals surface area contributed by atoms with Crippen molar-refractivity contribution in [3.8, 4) is 0 Å². The van der Waals surface area contributed by atoms with Crippen LogP contribution in [0.1, 0.15) is 71.7 Å². The molecule has 0 radical (unpaired) electrons. The average molecular weight is 354 g/mol. The van der Waals surface area contributed by atoms with Crippen molar-refractivity contribution in [1.82, 2.24) is 0 Å². The van der Waals surface area contributed by atoms with Gasteiger partial charge in [-0.15, -0.1) is 0 Å². The summed E-state index contributed by atoms with van der Waals surface area (Å²) < 4.78 is 5.59. The van der Waals surface area contributed by atoms with Crippen LogP contribution in [-0.4, -0.2) is 5.97 Å². The number of ether oxygens (including phenoxy) is 1. The van der Waals surface area contributed by atoms with E-state index in [2.05, 4.69) is 73.7 Å². The van der Waals surface area contributed by atoms with Crippen molar-refractivity contribution in [3.05, 3.63) is 106 Å². The maximum Gasteiger partial charge on any atom is 0.303 e. The lowest BCUT2D eigenvalue weighted by Crippen LogP contribution is -2.41. The van der Waals surface area contributed by atoms with Crippen LogP contribution in [0.15, 0.2) is 66.7 Å². The summed E-state index contributed by atoms with van der Waals surface area (Å²) in [5, 5.41) is 0. The summed E-state index contributed by atoms with van der Waals surface area (Å²) in [6.07, 6.45) is -0.270. The molecule has 1 unspecified atom stereocenters. The normalized spacial score (nSPS) is 22.4. The summed E-state index contributed by atoms with van der Waals surface area (Å²) in [6, 6.07) is 24.0. The van der Waals surface area contributed by atoms with Gasteiger partial charge in [0.25, 0.3) is 0 Å². The predicted octanol–water partition coefficient (Wildman–Crippen LogP) is 5.47. The number of esters is 1. The lowest BCUT2D eigenvalue weighted by molar-refractivity contribution is -0.145. The largest absolute Gasteiger partial charge is 0.458 e. The van der Waals surface area contributed by atoms with Gasteiger partial charge in [0, 0.05) is 18.3 Å². The Labute approximate surface area is 159 Å². The molecular formula is C25H22O2. The fourth-order valence-electron chi connectivity index (χ4n) is 5.38. The van der Waals surface area contributed by atoms with Gasteiger partial charge >= 0.3 is 5.97 Å². The molecule has 2 nitrogen and oxygen atoms in total. The molecule has 0 N–H and O–H groups in total. The average Bonchev–Trinajstić information content (AvgIpc) is 2.67. The lowest BCUT2D eigenvalue weighted by Gasteiger charge is -2.50. The van der Waals surface area contributed by atoms with E-state index in [1.807, 2.05) is 6.92 Å². The Morgan fingerprint density at radius 2 is 1.44 bits per heavy atom. The van der Waals surface area contributed by atoms with Gasteiger partial charge in [-0.2, -0.15) is 0 Å². The van der Waals surface area contributed by atoms with Crippen molar-refractivity contribution in [2.45, 2.75) is 38.2 Å². The summed E-state index contributed by atoms with van der Waals surface area (Å²) in [6.45, 7) is 5.77. The van der Waals surface area contributed by atoms with Gasteiger partial charge in [0.05, 0.1) is 0 Å². The SMILES string of the molecule is CC(=O)OC(C)c1cccc2c1C1(C)c3ccccc3C2c2ccccc21. The molecule has 0 saturated carbocycles. The first-order chi connectivity index (χ1) is 13.0. The number of carbonyl (C=O) groups is 1. The van der Waals surface area contributed by atoms with E-state index in [-0.39, 0.29) is 23.4 Å². The fourth-order valence-corrected chi connectivity index (χ4v) is 5.38. The van der Waals surface area contributed by atoms with Crippen LogP contribution in [0.3, 0.4) is 0 Å². The molecule has 0 fully saturated rings. The van der Waals surface area contributed by atoms with Crippen molar-refractivity contribution >= 4 is 5.97 Å². The summed E-state index contributed by atoms with van der Waals surface area (Å²) in [4.78, 5) is 11.6. The smallest absolute Gasteiger partial charge is 0.303 e. The monoisotopic (exact) mass is 354 g/mol. The third-order valence-electron chi connectivity index (χ3n) is 6.34. The van der Waals surface area contributed by atoms with Gasteiger partial charge in [0.2, 0.25) is 0 Å². The second-order valence-electron chi connectivity index (χ2n) is 7.80. The van der Waals surface area contributed by atoms with Gasteiger partial charge in [0.1, 0.15) is 6.10 Å². The van der Waals surface area contributed by atoms with E-state index in [4.69, 9.17) is 4.74 Å². The van der Waals surface area contributed by atoms with Crippen molar-refractivity contribution < 1.29 is 9.53 Å². The molecular weight excluding hydrogens is 332 g/mol. The molecule has 3 aliphatic rings. The molecule has 3 aliphatic carbocycles. The summed E-state index contributed by atoms with van der Waals surface area (Å²) in [5.41, 5.74) is 9.02. The van der Waals surface area contributed by atoms with Crippen LogP contribution in [0, 0.1) is 0 Å². The Morgan fingerprint density at radius 3 is 2.04 bits per heavy atom. The minimum Gasteiger partial charge on any atom is -0.458 e. The van der Waals surface area contributed by atoms with Crippen molar-refractivity contribution in [2.75, 3.05) is 0 Å². The fraction of sp³-hybridized carbons (Fsp3) is 0.240. The van der Waals surface area contributed by atoms with Crippen LogP contribution >= 0.6 is 0 Å². The lowest BCUT2D eigenvalue weighted by atomic mass is 9.53. The van der Waals surface area contributed by atoms with Crippen molar-refractivity contribution in [2.24, 2.45) is 0 Å². The Kier molecular flexibility index (Phi) is 3.36. The molecule has 0 spiro atoms. The van der Waals surface area contributed by atoms with E-state index in [0.717, 1.165) is 5.56 Å². The first-order valence-corrected chi connectivity index (χ1v) is 9.52. The molecule has 0 aliphatic heterocycles. The summed E-state index contributed by atoms with van der Waals surface area (Å²) >= 11 is 0. The Bertz CT molecular complexity index is 1030. The molecule has 0 aromatic heterocycles. The molecule has 3 aromatic rings. The van der Waals surface area contributed by atoms with E-state index >= 15 is 0 Å². The molecule has 2 heteroatoms. The van der Waals surface area contributed by atoms with Gasteiger partial charge < -0.3 is 4.74 Å². The van der Waals surface area contributed by atoms with Crippen LogP contribution in [0.25, 0.3) is 0 Å². The maximum absolute atomic E-state index is 11.6. The molecule has 0 amide bonds. The van der Waals surface area contributed by atoms with E-state index in [0.29, 0.717) is 0 Å². The summed E-state index contributed by atoms with van der Waals surface area (Å²) in [7, 11) is 0. The van der Waals surface area contributed by atoms with Gasteiger partial charge in [-0.05, 0) is 52.8 Å². The predicted molar refractivity (Wildman–Crippen MR) is 106 cm³/mol. The molecule has 0 saturated heterocycles. The zero-order valence-corrected chi connectivity index (χ0v) is 15.8. The first kappa shape index (κ1) is 16.3. The van der Waals surface area contributed by atoms with Gasteiger partial charge in [-0.1, -0.05) is 66.7 Å². The van der Waals surface area contributed by atoms with Crippen LogP contribution in [-0.2, 0) is 14.9 Å². The van der Waals surface area contributed by atoms with Gasteiger partial charge in [-0.3, -0.25) is 4.79 Å². The maximum atomic E-state index is 11.6. The Balaban J connectivity index is 1.85. The second-order valence-corrected chi connectivity index (χ2v) is 7.80. The number of benzene rings is 3. The molecule has 3 aromatic carbocycles. The van der Waals surface area contributed by atoms with E-state index in [1.165, 1.54) is 40.3 Å². The van der Waals surface area contributed by atoms with E-state index in [9.17, 15) is 4.79 Å². The topological polar surface area (TPSA) is 26.3 Å². The highest BCUT2D eigenvalue weighted by atomic mass is 16.5. The standard InChI is InChI=1S/C25H22O2/c1-15(27-16(2)26)17-11-8-12-20-23-18-9-4-6-13-21(18)25(3,24(17)20)22-14-7-5-10-19(22)23/h4-15,23H,1-3H3. The minimum absolute atomic E-state index is 0.235. The quantitative estimate of drug-likeness (QED) is 0.570. The number of carbonyl (C=O) groups excluding carboxylic acids is 1. The highest BCUT2D eigenvalue weighted by Crippen LogP contribution is 2.60. The van der Waals surface area contributed by atoms with Crippen LogP contribution in [0.5, 0.6) is 0 Å². The molecule has 0 heterocycles. The molecule has 1 atom stereocenters. The highest BCUT2D eigenvalue weighted by Gasteiger charge is 2.50. The molecule has 2 bridgehead atoms. The van der Waals surface area contributed by atoms with E-state index < -0.39 is 0 Å². The van der Waals surface area contributed by atoms with Crippen LogP contribution in [0.2, 0.25) is 0 Å². The third-order valence-corrected chi connectivity index (χ3v) is 6.34. The zero-order chi connectivity index (χ0) is 18.8. The van der Waals surface area contributed by atoms with Crippen LogP contribution in [0.4, 0.5) is 0 Å². The Hall–Kier alpha value is -2.87. The van der Waals surface area contributed by atoms with Crippen molar-refractivity contribution in [3.63, 3.8) is 0 Å². The highest BCUT2D eigenvalue weighted by molar-refractivity contribution is 5.73. The molecule has 134 valence electrons. The summed E-state index contributed by atoms with van der Waals surface area (Å²) in [5.74, 6) is -0.00858. The Morgan fingerprint density at radius 1 is 0.889 bits per heavy atom. The zero-order valence-electron chi connectivity index (χ0n) is 15.8. The number of hydrogen-bond donors (Lipinski definition) is 0. The van der Waals surface area contributed by atoms with E-state index in [1.54, 1.807) is 0 Å². The minimum atomic E-state index is -0.270. The second kappa shape index (κ2) is 5.56. The number of hydrogen-bond acceptors (Lipinski definition) is 2. The number of rotatable bonds is 2. The van der Waals surface area contributed by atoms with Crippen LogP contribution < -0.4 is 0 Å².